The molecule has 4 nitrogen and oxygen atoms in total. The van der Waals surface area contributed by atoms with E-state index in [2.05, 4.69) is 9.97 Å². The van der Waals surface area contributed by atoms with Crippen molar-refractivity contribution in [2.45, 2.75) is 26.2 Å². The Kier molecular flexibility index (Phi) is 4.65. The first-order valence-electron chi connectivity index (χ1n) is 7.95. The molecular weight excluding hydrogens is 293 g/mol. The summed E-state index contributed by atoms with van der Waals surface area (Å²) in [6, 6.07) is 8.36. The predicted octanol–water partition coefficient (Wildman–Crippen LogP) is 3.02. The first-order chi connectivity index (χ1) is 11.1. The molecule has 1 fully saturated rings. The normalized spacial score (nSPS) is 15.7. The van der Waals surface area contributed by atoms with Gasteiger partial charge in [0.1, 0.15) is 17.3 Å². The number of piperidine rings is 1. The summed E-state index contributed by atoms with van der Waals surface area (Å²) in [7, 11) is 0. The Morgan fingerprint density at radius 3 is 2.57 bits per heavy atom. The molecular formula is C18H20FN3O. The highest BCUT2D eigenvalue weighted by atomic mass is 19.1. The molecule has 0 atom stereocenters. The maximum absolute atomic E-state index is 12.9. The summed E-state index contributed by atoms with van der Waals surface area (Å²) in [5.41, 5.74) is 1.62. The third kappa shape index (κ3) is 3.92. The fraction of sp³-hybridized carbons (Fsp3) is 0.389. The molecule has 0 saturated carbocycles. The topological polar surface area (TPSA) is 46.1 Å². The molecule has 1 aliphatic heterocycles. The summed E-state index contributed by atoms with van der Waals surface area (Å²) in [5.74, 6) is 0.934. The van der Waals surface area contributed by atoms with Crippen LogP contribution < -0.4 is 0 Å². The Hall–Kier alpha value is -2.30. The number of nitrogens with zero attached hydrogens (tertiary/aromatic N) is 3. The summed E-state index contributed by atoms with van der Waals surface area (Å²) in [5, 5.41) is 0. The highest BCUT2D eigenvalue weighted by Crippen LogP contribution is 2.22. The monoisotopic (exact) mass is 313 g/mol. The number of benzene rings is 1. The molecule has 2 aromatic rings. The van der Waals surface area contributed by atoms with Gasteiger partial charge in [-0.3, -0.25) is 4.79 Å². The number of halogens is 1. The maximum atomic E-state index is 12.9. The van der Waals surface area contributed by atoms with E-state index in [0.717, 1.165) is 37.9 Å². The van der Waals surface area contributed by atoms with Crippen LogP contribution in [0.15, 0.2) is 36.5 Å². The average Bonchev–Trinajstić information content (AvgIpc) is 2.57. The zero-order valence-corrected chi connectivity index (χ0v) is 13.2. The maximum Gasteiger partial charge on any atom is 0.272 e. The number of aromatic nitrogens is 2. The van der Waals surface area contributed by atoms with Gasteiger partial charge in [-0.15, -0.1) is 0 Å². The molecule has 0 spiro atoms. The van der Waals surface area contributed by atoms with E-state index in [1.54, 1.807) is 19.2 Å². The number of hydrogen-bond acceptors (Lipinski definition) is 3. The van der Waals surface area contributed by atoms with Gasteiger partial charge in [-0.25, -0.2) is 14.4 Å². The second-order valence-electron chi connectivity index (χ2n) is 6.06. The van der Waals surface area contributed by atoms with Gasteiger partial charge in [0.15, 0.2) is 0 Å². The molecule has 1 aromatic heterocycles. The van der Waals surface area contributed by atoms with Gasteiger partial charge in [-0.05, 0) is 55.9 Å². The Bertz CT molecular complexity index is 679. The molecule has 0 bridgehead atoms. The minimum Gasteiger partial charge on any atom is -0.337 e. The van der Waals surface area contributed by atoms with Gasteiger partial charge >= 0.3 is 0 Å². The highest BCUT2D eigenvalue weighted by Gasteiger charge is 2.24. The van der Waals surface area contributed by atoms with Gasteiger partial charge in [-0.1, -0.05) is 12.1 Å². The third-order valence-corrected chi connectivity index (χ3v) is 4.33. The molecule has 0 aliphatic carbocycles. The summed E-state index contributed by atoms with van der Waals surface area (Å²) >= 11 is 0. The summed E-state index contributed by atoms with van der Waals surface area (Å²) in [6.07, 6.45) is 4.49. The SMILES string of the molecule is Cc1nccc(C(=O)N2CCC(Cc3ccc(F)cc3)CC2)n1. The van der Waals surface area contributed by atoms with Gasteiger partial charge in [0.25, 0.3) is 5.91 Å². The Morgan fingerprint density at radius 1 is 1.22 bits per heavy atom. The minimum absolute atomic E-state index is 0.0178. The number of aryl methyl sites for hydroxylation is 1. The van der Waals surface area contributed by atoms with Gasteiger partial charge in [-0.2, -0.15) is 0 Å². The van der Waals surface area contributed by atoms with Gasteiger partial charge < -0.3 is 4.90 Å². The van der Waals surface area contributed by atoms with E-state index in [0.29, 0.717) is 17.4 Å². The van der Waals surface area contributed by atoms with E-state index in [9.17, 15) is 9.18 Å². The summed E-state index contributed by atoms with van der Waals surface area (Å²) in [6.45, 7) is 3.27. The molecule has 0 unspecified atom stereocenters. The van der Waals surface area contributed by atoms with Crippen molar-refractivity contribution in [2.75, 3.05) is 13.1 Å². The first kappa shape index (κ1) is 15.6. The van der Waals surface area contributed by atoms with E-state index in [1.807, 2.05) is 17.0 Å². The van der Waals surface area contributed by atoms with E-state index in [-0.39, 0.29) is 11.7 Å². The van der Waals surface area contributed by atoms with Crippen molar-refractivity contribution in [2.24, 2.45) is 5.92 Å². The van der Waals surface area contributed by atoms with Crippen molar-refractivity contribution in [1.29, 1.82) is 0 Å². The number of hydrogen-bond donors (Lipinski definition) is 0. The van der Waals surface area contributed by atoms with E-state index in [1.165, 1.54) is 12.1 Å². The molecule has 0 N–H and O–H groups in total. The molecule has 23 heavy (non-hydrogen) atoms. The van der Waals surface area contributed by atoms with Crippen molar-refractivity contribution in [3.63, 3.8) is 0 Å². The first-order valence-corrected chi connectivity index (χ1v) is 7.95. The number of likely N-dealkylation sites (tertiary alicyclic amines) is 1. The number of rotatable bonds is 3. The minimum atomic E-state index is -0.200. The zero-order valence-electron chi connectivity index (χ0n) is 13.2. The predicted molar refractivity (Wildman–Crippen MR) is 85.5 cm³/mol. The summed E-state index contributed by atoms with van der Waals surface area (Å²) < 4.78 is 12.9. The zero-order chi connectivity index (χ0) is 16.2. The lowest BCUT2D eigenvalue weighted by Gasteiger charge is -2.32. The molecule has 3 rings (SSSR count). The lowest BCUT2D eigenvalue weighted by atomic mass is 9.90. The van der Waals surface area contributed by atoms with E-state index >= 15 is 0 Å². The van der Waals surface area contributed by atoms with Crippen LogP contribution >= 0.6 is 0 Å². The van der Waals surface area contributed by atoms with Gasteiger partial charge in [0.2, 0.25) is 0 Å². The van der Waals surface area contributed by atoms with Crippen LogP contribution in [0.1, 0.15) is 34.7 Å². The Balaban J connectivity index is 1.55. The van der Waals surface area contributed by atoms with Crippen molar-refractivity contribution in [3.05, 3.63) is 59.4 Å². The fourth-order valence-corrected chi connectivity index (χ4v) is 3.03. The van der Waals surface area contributed by atoms with Gasteiger partial charge in [0, 0.05) is 19.3 Å². The van der Waals surface area contributed by atoms with Crippen LogP contribution in [0, 0.1) is 18.7 Å². The van der Waals surface area contributed by atoms with Crippen LogP contribution in [0.4, 0.5) is 4.39 Å². The number of amides is 1. The van der Waals surface area contributed by atoms with Crippen LogP contribution in [0.3, 0.4) is 0 Å². The van der Waals surface area contributed by atoms with Crippen molar-refractivity contribution in [3.8, 4) is 0 Å². The van der Waals surface area contributed by atoms with Crippen molar-refractivity contribution >= 4 is 5.91 Å². The fourth-order valence-electron chi connectivity index (χ4n) is 3.03. The smallest absolute Gasteiger partial charge is 0.272 e. The lowest BCUT2D eigenvalue weighted by molar-refractivity contribution is 0.0684. The molecule has 0 radical (unpaired) electrons. The molecule has 2 heterocycles. The van der Waals surface area contributed by atoms with E-state index < -0.39 is 0 Å². The number of carbonyl (C=O) groups is 1. The molecule has 1 amide bonds. The lowest BCUT2D eigenvalue weighted by Crippen LogP contribution is -2.39. The largest absolute Gasteiger partial charge is 0.337 e. The van der Waals surface area contributed by atoms with Crippen LogP contribution in [0.2, 0.25) is 0 Å². The average molecular weight is 313 g/mol. The molecule has 1 saturated heterocycles. The molecule has 120 valence electrons. The van der Waals surface area contributed by atoms with Crippen LogP contribution in [0.25, 0.3) is 0 Å². The van der Waals surface area contributed by atoms with Crippen LogP contribution in [-0.4, -0.2) is 33.9 Å². The van der Waals surface area contributed by atoms with Crippen molar-refractivity contribution < 1.29 is 9.18 Å². The van der Waals surface area contributed by atoms with E-state index in [4.69, 9.17) is 0 Å². The standard InChI is InChI=1S/C18H20FN3O/c1-13-20-9-6-17(21-13)18(23)22-10-7-15(8-11-22)12-14-2-4-16(19)5-3-14/h2-6,9,15H,7-8,10-12H2,1H3. The highest BCUT2D eigenvalue weighted by molar-refractivity contribution is 5.92. The molecule has 1 aromatic carbocycles. The Labute approximate surface area is 135 Å². The second kappa shape index (κ2) is 6.86. The summed E-state index contributed by atoms with van der Waals surface area (Å²) in [4.78, 5) is 22.5. The molecule has 5 heteroatoms. The van der Waals surface area contributed by atoms with Crippen molar-refractivity contribution in [1.82, 2.24) is 14.9 Å². The molecule has 1 aliphatic rings. The van der Waals surface area contributed by atoms with Crippen LogP contribution in [0.5, 0.6) is 0 Å². The van der Waals surface area contributed by atoms with Crippen LogP contribution in [-0.2, 0) is 6.42 Å². The Morgan fingerprint density at radius 2 is 1.91 bits per heavy atom. The number of carbonyl (C=O) groups excluding carboxylic acids is 1. The second-order valence-corrected chi connectivity index (χ2v) is 6.06. The third-order valence-electron chi connectivity index (χ3n) is 4.33. The quantitative estimate of drug-likeness (QED) is 0.875. The van der Waals surface area contributed by atoms with Gasteiger partial charge in [0.05, 0.1) is 0 Å².